The van der Waals surface area contributed by atoms with Crippen molar-refractivity contribution in [3.8, 4) is 5.75 Å². The van der Waals surface area contributed by atoms with E-state index in [2.05, 4.69) is 48.1 Å². The van der Waals surface area contributed by atoms with Gasteiger partial charge >= 0.3 is 0 Å². The van der Waals surface area contributed by atoms with E-state index >= 15 is 0 Å². The molecule has 0 aliphatic heterocycles. The molecule has 1 aromatic rings. The Morgan fingerprint density at radius 1 is 1.25 bits per heavy atom. The predicted octanol–water partition coefficient (Wildman–Crippen LogP) is 3.10. The van der Waals surface area contributed by atoms with Crippen LogP contribution in [0.5, 0.6) is 5.75 Å². The highest BCUT2D eigenvalue weighted by molar-refractivity contribution is 9.09. The number of nitrogens with one attached hydrogen (secondary N) is 1. The van der Waals surface area contributed by atoms with Crippen LogP contribution in [0.4, 0.5) is 0 Å². The molecule has 0 atom stereocenters. The molecule has 0 unspecified atom stereocenters. The number of alkyl halides is 1. The van der Waals surface area contributed by atoms with Crippen molar-refractivity contribution in [2.24, 2.45) is 0 Å². The van der Waals surface area contributed by atoms with Gasteiger partial charge in [0.2, 0.25) is 0 Å². The van der Waals surface area contributed by atoms with E-state index in [1.807, 2.05) is 0 Å². The third-order valence-electron chi connectivity index (χ3n) is 2.97. The average molecular weight is 286 g/mol. The van der Waals surface area contributed by atoms with E-state index in [1.54, 1.807) is 7.11 Å². The lowest BCUT2D eigenvalue weighted by molar-refractivity contribution is 0.405. The lowest BCUT2D eigenvalue weighted by atomic mass is 9.97. The lowest BCUT2D eigenvalue weighted by Gasteiger charge is -2.16. The number of hydrogen-bond donors (Lipinski definition) is 1. The molecule has 1 N–H and O–H groups in total. The summed E-state index contributed by atoms with van der Waals surface area (Å²) in [6.45, 7) is 7.36. The zero-order chi connectivity index (χ0) is 12.1. The molecule has 0 aliphatic carbocycles. The van der Waals surface area contributed by atoms with Gasteiger partial charge in [-0.1, -0.05) is 22.0 Å². The molecule has 2 nitrogen and oxygen atoms in total. The topological polar surface area (TPSA) is 21.3 Å². The zero-order valence-electron chi connectivity index (χ0n) is 10.5. The minimum Gasteiger partial charge on any atom is -0.496 e. The first-order valence-corrected chi connectivity index (χ1v) is 6.64. The second-order valence-electron chi connectivity index (χ2n) is 4.03. The van der Waals surface area contributed by atoms with Crippen molar-refractivity contribution in [3.63, 3.8) is 0 Å². The van der Waals surface area contributed by atoms with Crippen LogP contribution in [0.1, 0.15) is 22.3 Å². The van der Waals surface area contributed by atoms with Crippen molar-refractivity contribution in [1.29, 1.82) is 0 Å². The number of aryl methyl sites for hydroxylation is 2. The molecule has 0 saturated carbocycles. The standard InChI is InChI=1S/C13H20BrNO/c1-9-7-10(2)12(5-6-15-8-14)13(16-4)11(9)3/h7,15H,5-6,8H2,1-4H3. The summed E-state index contributed by atoms with van der Waals surface area (Å²) in [5.41, 5.74) is 6.02. The summed E-state index contributed by atoms with van der Waals surface area (Å²) in [4.78, 5) is 0. The Bertz CT molecular complexity index is 363. The quantitative estimate of drug-likeness (QED) is 0.510. The second-order valence-corrected chi connectivity index (χ2v) is 4.59. The van der Waals surface area contributed by atoms with Crippen molar-refractivity contribution in [2.45, 2.75) is 27.2 Å². The van der Waals surface area contributed by atoms with E-state index in [9.17, 15) is 0 Å². The van der Waals surface area contributed by atoms with Crippen molar-refractivity contribution in [1.82, 2.24) is 5.32 Å². The normalized spacial score (nSPS) is 10.6. The number of hydrogen-bond acceptors (Lipinski definition) is 2. The van der Waals surface area contributed by atoms with Crippen molar-refractivity contribution >= 4 is 15.9 Å². The Kier molecular flexibility index (Phi) is 5.29. The van der Waals surface area contributed by atoms with Gasteiger partial charge in [-0.05, 0) is 49.4 Å². The van der Waals surface area contributed by atoms with Crippen LogP contribution in [0.2, 0.25) is 0 Å². The van der Waals surface area contributed by atoms with Crippen LogP contribution in [-0.2, 0) is 6.42 Å². The first-order valence-electron chi connectivity index (χ1n) is 5.52. The lowest BCUT2D eigenvalue weighted by Crippen LogP contribution is -2.15. The summed E-state index contributed by atoms with van der Waals surface area (Å²) >= 11 is 3.36. The summed E-state index contributed by atoms with van der Waals surface area (Å²) in [5.74, 6) is 1.05. The van der Waals surface area contributed by atoms with Gasteiger partial charge in [0, 0.05) is 6.54 Å². The fraction of sp³-hybridized carbons (Fsp3) is 0.538. The van der Waals surface area contributed by atoms with E-state index in [0.717, 1.165) is 24.2 Å². The van der Waals surface area contributed by atoms with Crippen LogP contribution in [-0.4, -0.2) is 19.1 Å². The highest BCUT2D eigenvalue weighted by Crippen LogP contribution is 2.29. The predicted molar refractivity (Wildman–Crippen MR) is 72.7 cm³/mol. The fourth-order valence-corrected chi connectivity index (χ4v) is 2.25. The third-order valence-corrected chi connectivity index (χ3v) is 3.36. The van der Waals surface area contributed by atoms with Crippen molar-refractivity contribution in [2.75, 3.05) is 19.1 Å². The van der Waals surface area contributed by atoms with E-state index in [-0.39, 0.29) is 0 Å². The number of ether oxygens (including phenoxy) is 1. The van der Waals surface area contributed by atoms with E-state index in [0.29, 0.717) is 0 Å². The zero-order valence-corrected chi connectivity index (χ0v) is 12.1. The molecular weight excluding hydrogens is 266 g/mol. The Morgan fingerprint density at radius 2 is 1.94 bits per heavy atom. The average Bonchev–Trinajstić information content (AvgIpc) is 2.26. The highest BCUT2D eigenvalue weighted by atomic mass is 79.9. The maximum atomic E-state index is 5.53. The minimum absolute atomic E-state index is 0.833. The van der Waals surface area contributed by atoms with E-state index in [1.165, 1.54) is 22.3 Å². The van der Waals surface area contributed by atoms with Crippen LogP contribution in [0.3, 0.4) is 0 Å². The van der Waals surface area contributed by atoms with Gasteiger partial charge in [-0.15, -0.1) is 0 Å². The summed E-state index contributed by atoms with van der Waals surface area (Å²) in [7, 11) is 1.75. The molecule has 0 radical (unpaired) electrons. The number of benzene rings is 1. The van der Waals surface area contributed by atoms with Gasteiger partial charge < -0.3 is 10.1 Å². The molecular formula is C13H20BrNO. The monoisotopic (exact) mass is 285 g/mol. The fourth-order valence-electron chi connectivity index (χ4n) is 1.97. The molecule has 0 saturated heterocycles. The summed E-state index contributed by atoms with van der Waals surface area (Å²) in [6, 6.07) is 2.24. The molecule has 0 fully saturated rings. The number of halogens is 1. The molecule has 1 aromatic carbocycles. The summed E-state index contributed by atoms with van der Waals surface area (Å²) in [6.07, 6.45) is 1.00. The van der Waals surface area contributed by atoms with Crippen LogP contribution in [0, 0.1) is 20.8 Å². The molecule has 0 aliphatic rings. The Labute approximate surface area is 107 Å². The van der Waals surface area contributed by atoms with Crippen molar-refractivity contribution in [3.05, 3.63) is 28.3 Å². The second kappa shape index (κ2) is 6.26. The van der Waals surface area contributed by atoms with Crippen LogP contribution < -0.4 is 10.1 Å². The van der Waals surface area contributed by atoms with Crippen LogP contribution in [0.25, 0.3) is 0 Å². The van der Waals surface area contributed by atoms with Gasteiger partial charge in [-0.3, -0.25) is 0 Å². The van der Waals surface area contributed by atoms with Crippen LogP contribution in [0.15, 0.2) is 6.07 Å². The molecule has 1 rings (SSSR count). The SMILES string of the molecule is COc1c(C)c(C)cc(C)c1CCNCBr. The Balaban J connectivity index is 3.01. The number of methoxy groups -OCH3 is 1. The largest absolute Gasteiger partial charge is 0.496 e. The van der Waals surface area contributed by atoms with Crippen LogP contribution >= 0.6 is 15.9 Å². The summed E-state index contributed by atoms with van der Waals surface area (Å²) in [5, 5.41) is 3.27. The Hall–Kier alpha value is -0.540. The Morgan fingerprint density at radius 3 is 2.50 bits per heavy atom. The van der Waals surface area contributed by atoms with Crippen molar-refractivity contribution < 1.29 is 4.74 Å². The molecule has 0 amide bonds. The molecule has 0 spiro atoms. The van der Waals surface area contributed by atoms with Gasteiger partial charge in [-0.25, -0.2) is 0 Å². The highest BCUT2D eigenvalue weighted by Gasteiger charge is 2.11. The first-order chi connectivity index (χ1) is 7.61. The minimum atomic E-state index is 0.833. The third kappa shape index (κ3) is 2.98. The van der Waals surface area contributed by atoms with Gasteiger partial charge in [0.1, 0.15) is 5.75 Å². The van der Waals surface area contributed by atoms with E-state index in [4.69, 9.17) is 4.74 Å². The van der Waals surface area contributed by atoms with Gasteiger partial charge in [-0.2, -0.15) is 0 Å². The summed E-state index contributed by atoms with van der Waals surface area (Å²) < 4.78 is 5.53. The van der Waals surface area contributed by atoms with Gasteiger partial charge in [0.25, 0.3) is 0 Å². The number of rotatable bonds is 5. The molecule has 16 heavy (non-hydrogen) atoms. The molecule has 0 heterocycles. The first kappa shape index (κ1) is 13.5. The molecule has 0 aromatic heterocycles. The smallest absolute Gasteiger partial charge is 0.125 e. The van der Waals surface area contributed by atoms with Gasteiger partial charge in [0.05, 0.1) is 12.6 Å². The van der Waals surface area contributed by atoms with Gasteiger partial charge in [0.15, 0.2) is 0 Å². The maximum Gasteiger partial charge on any atom is 0.125 e. The molecule has 3 heteroatoms. The maximum absolute atomic E-state index is 5.53. The van der Waals surface area contributed by atoms with E-state index < -0.39 is 0 Å². The molecule has 90 valence electrons. The molecule has 0 bridgehead atoms.